The van der Waals surface area contributed by atoms with Crippen LogP contribution in [0.15, 0.2) is 66.4 Å². The number of benzene rings is 3. The molecule has 0 fully saturated rings. The lowest BCUT2D eigenvalue weighted by molar-refractivity contribution is -0.137. The first-order valence-electron chi connectivity index (χ1n) is 12.0. The molecule has 0 aliphatic carbocycles. The largest absolute Gasteiger partial charge is 0.381 e. The fraction of sp³-hybridized carbons (Fsp3) is 0.310. The van der Waals surface area contributed by atoms with Gasteiger partial charge in [0.05, 0.1) is 5.57 Å². The Balaban J connectivity index is 1.66. The first-order valence-corrected chi connectivity index (χ1v) is 12.0. The number of amides is 2. The zero-order valence-corrected chi connectivity index (χ0v) is 20.2. The zero-order valence-electron chi connectivity index (χ0n) is 20.2. The van der Waals surface area contributed by atoms with Gasteiger partial charge in [-0.1, -0.05) is 67.9 Å². The second-order valence-electron chi connectivity index (χ2n) is 8.78. The first-order chi connectivity index (χ1) is 16.5. The van der Waals surface area contributed by atoms with E-state index in [1.807, 2.05) is 74.5 Å². The van der Waals surface area contributed by atoms with Gasteiger partial charge in [-0.3, -0.25) is 14.5 Å². The number of hydrogen-bond donors (Lipinski definition) is 1. The standard InChI is InChI=1S/C29H32N2O3/c1-4-5-17-34-18-9-16-31-28(32)26(23-15-14-20(2)21(3)19-23)27(29(31)33)30-25-13-8-11-22-10-6-7-12-24(22)25/h6-8,10-15,19,30H,4-5,9,16-18H2,1-3H3. The Morgan fingerprint density at radius 1 is 0.853 bits per heavy atom. The number of imide groups is 1. The highest BCUT2D eigenvalue weighted by Crippen LogP contribution is 2.33. The van der Waals surface area contributed by atoms with Crippen LogP contribution in [0.2, 0.25) is 0 Å². The highest BCUT2D eigenvalue weighted by atomic mass is 16.5. The summed E-state index contributed by atoms with van der Waals surface area (Å²) in [6.07, 6.45) is 2.71. The molecule has 2 amide bonds. The van der Waals surface area contributed by atoms with Crippen molar-refractivity contribution in [2.45, 2.75) is 40.0 Å². The molecule has 0 spiro atoms. The number of rotatable bonds is 10. The van der Waals surface area contributed by atoms with Crippen LogP contribution in [0.5, 0.6) is 0 Å². The van der Waals surface area contributed by atoms with Crippen LogP contribution in [-0.4, -0.2) is 36.5 Å². The van der Waals surface area contributed by atoms with Gasteiger partial charge in [0.15, 0.2) is 0 Å². The highest BCUT2D eigenvalue weighted by Gasteiger charge is 2.39. The Hall–Kier alpha value is -3.44. The monoisotopic (exact) mass is 456 g/mol. The van der Waals surface area contributed by atoms with Crippen molar-refractivity contribution in [3.63, 3.8) is 0 Å². The summed E-state index contributed by atoms with van der Waals surface area (Å²) in [6.45, 7) is 7.74. The summed E-state index contributed by atoms with van der Waals surface area (Å²) in [5.74, 6) is -0.552. The van der Waals surface area contributed by atoms with Gasteiger partial charge in [-0.2, -0.15) is 0 Å². The van der Waals surface area contributed by atoms with E-state index in [9.17, 15) is 9.59 Å². The second kappa shape index (κ2) is 10.7. The molecule has 0 atom stereocenters. The Labute approximate surface area is 201 Å². The van der Waals surface area contributed by atoms with Crippen LogP contribution < -0.4 is 5.32 Å². The van der Waals surface area contributed by atoms with Crippen LogP contribution in [0.25, 0.3) is 16.3 Å². The molecular formula is C29H32N2O3. The van der Waals surface area contributed by atoms with Crippen molar-refractivity contribution < 1.29 is 14.3 Å². The maximum atomic E-state index is 13.5. The lowest BCUT2D eigenvalue weighted by atomic mass is 9.99. The molecule has 34 heavy (non-hydrogen) atoms. The van der Waals surface area contributed by atoms with Crippen molar-refractivity contribution in [2.75, 3.05) is 25.1 Å². The lowest BCUT2D eigenvalue weighted by Crippen LogP contribution is -2.34. The molecule has 5 heteroatoms. The van der Waals surface area contributed by atoms with Gasteiger partial charge in [-0.25, -0.2) is 0 Å². The summed E-state index contributed by atoms with van der Waals surface area (Å²) in [4.78, 5) is 28.4. The summed E-state index contributed by atoms with van der Waals surface area (Å²) in [5.41, 5.74) is 4.54. The summed E-state index contributed by atoms with van der Waals surface area (Å²) >= 11 is 0. The fourth-order valence-corrected chi connectivity index (χ4v) is 4.20. The summed E-state index contributed by atoms with van der Waals surface area (Å²) in [5, 5.41) is 5.40. The minimum Gasteiger partial charge on any atom is -0.381 e. The Morgan fingerprint density at radius 2 is 1.62 bits per heavy atom. The molecule has 176 valence electrons. The smallest absolute Gasteiger partial charge is 0.278 e. The minimum absolute atomic E-state index is 0.260. The van der Waals surface area contributed by atoms with E-state index in [-0.39, 0.29) is 11.8 Å². The van der Waals surface area contributed by atoms with Gasteiger partial charge >= 0.3 is 0 Å². The number of aryl methyl sites for hydroxylation is 2. The summed E-state index contributed by atoms with van der Waals surface area (Å²) < 4.78 is 5.64. The Kier molecular flexibility index (Phi) is 7.43. The molecule has 1 heterocycles. The van der Waals surface area contributed by atoms with E-state index in [2.05, 4.69) is 12.2 Å². The quantitative estimate of drug-likeness (QED) is 0.307. The second-order valence-corrected chi connectivity index (χ2v) is 8.78. The number of hydrogen-bond acceptors (Lipinski definition) is 4. The van der Waals surface area contributed by atoms with Gasteiger partial charge in [0.2, 0.25) is 0 Å². The van der Waals surface area contributed by atoms with Crippen LogP contribution in [0, 0.1) is 13.8 Å². The molecule has 4 rings (SSSR count). The van der Waals surface area contributed by atoms with E-state index in [1.165, 1.54) is 4.90 Å². The maximum absolute atomic E-state index is 13.5. The predicted octanol–water partition coefficient (Wildman–Crippen LogP) is 5.86. The Bertz CT molecular complexity index is 1240. The third kappa shape index (κ3) is 4.90. The highest BCUT2D eigenvalue weighted by molar-refractivity contribution is 6.36. The number of nitrogens with one attached hydrogen (secondary N) is 1. The van der Waals surface area contributed by atoms with Gasteiger partial charge in [-0.15, -0.1) is 0 Å². The van der Waals surface area contributed by atoms with Crippen LogP contribution in [0.3, 0.4) is 0 Å². The third-order valence-electron chi connectivity index (χ3n) is 6.33. The molecule has 0 bridgehead atoms. The number of carbonyl (C=O) groups excluding carboxylic acids is 2. The maximum Gasteiger partial charge on any atom is 0.278 e. The average molecular weight is 457 g/mol. The molecule has 0 unspecified atom stereocenters. The summed E-state index contributed by atoms with van der Waals surface area (Å²) in [6, 6.07) is 19.8. The number of anilines is 1. The van der Waals surface area contributed by atoms with Crippen molar-refractivity contribution in [3.05, 3.63) is 83.1 Å². The van der Waals surface area contributed by atoms with Crippen LogP contribution in [0.4, 0.5) is 5.69 Å². The number of fused-ring (bicyclic) bond motifs is 1. The average Bonchev–Trinajstić information content (AvgIpc) is 3.07. The molecule has 3 aromatic rings. The SMILES string of the molecule is CCCCOCCCN1C(=O)C(Nc2cccc3ccccc23)=C(c2ccc(C)c(C)c2)C1=O. The number of unbranched alkanes of at least 4 members (excludes halogenated alkanes) is 1. The van der Waals surface area contributed by atoms with Crippen molar-refractivity contribution in [1.82, 2.24) is 4.90 Å². The lowest BCUT2D eigenvalue weighted by Gasteiger charge is -2.15. The number of nitrogens with zero attached hydrogens (tertiary/aromatic N) is 1. The van der Waals surface area contributed by atoms with E-state index in [1.54, 1.807) is 0 Å². The number of carbonyl (C=O) groups is 2. The zero-order chi connectivity index (χ0) is 24.1. The van der Waals surface area contributed by atoms with E-state index in [4.69, 9.17) is 4.74 Å². The van der Waals surface area contributed by atoms with Crippen LogP contribution in [0.1, 0.15) is 42.9 Å². The molecular weight excluding hydrogens is 424 g/mol. The van der Waals surface area contributed by atoms with Crippen molar-refractivity contribution in [3.8, 4) is 0 Å². The molecule has 1 N–H and O–H groups in total. The number of ether oxygens (including phenoxy) is 1. The minimum atomic E-state index is -0.292. The normalized spacial score (nSPS) is 13.9. The van der Waals surface area contributed by atoms with E-state index in [0.29, 0.717) is 37.4 Å². The van der Waals surface area contributed by atoms with E-state index in [0.717, 1.165) is 46.0 Å². The van der Waals surface area contributed by atoms with Gasteiger partial charge in [0, 0.05) is 30.8 Å². The molecule has 3 aromatic carbocycles. The molecule has 0 radical (unpaired) electrons. The van der Waals surface area contributed by atoms with Gasteiger partial charge in [0.25, 0.3) is 11.8 Å². The first kappa shape index (κ1) is 23.7. The predicted molar refractivity (Wildman–Crippen MR) is 137 cm³/mol. The van der Waals surface area contributed by atoms with E-state index < -0.39 is 0 Å². The van der Waals surface area contributed by atoms with Crippen molar-refractivity contribution in [2.24, 2.45) is 0 Å². The van der Waals surface area contributed by atoms with Crippen molar-refractivity contribution >= 4 is 33.8 Å². The van der Waals surface area contributed by atoms with Crippen LogP contribution >= 0.6 is 0 Å². The molecule has 0 aromatic heterocycles. The third-order valence-corrected chi connectivity index (χ3v) is 6.33. The van der Waals surface area contributed by atoms with Crippen LogP contribution in [-0.2, 0) is 14.3 Å². The molecule has 0 saturated carbocycles. The molecule has 5 nitrogen and oxygen atoms in total. The van der Waals surface area contributed by atoms with Gasteiger partial charge < -0.3 is 10.1 Å². The topological polar surface area (TPSA) is 58.6 Å². The fourth-order valence-electron chi connectivity index (χ4n) is 4.20. The van der Waals surface area contributed by atoms with E-state index >= 15 is 0 Å². The molecule has 1 aliphatic heterocycles. The van der Waals surface area contributed by atoms with Gasteiger partial charge in [-0.05, 0) is 54.8 Å². The molecule has 0 saturated heterocycles. The van der Waals surface area contributed by atoms with Crippen molar-refractivity contribution in [1.29, 1.82) is 0 Å². The van der Waals surface area contributed by atoms with Gasteiger partial charge in [0.1, 0.15) is 5.70 Å². The Morgan fingerprint density at radius 3 is 2.41 bits per heavy atom. The summed E-state index contributed by atoms with van der Waals surface area (Å²) in [7, 11) is 0. The molecule has 1 aliphatic rings.